The smallest absolute Gasteiger partial charge is 0.410 e. The van der Waals surface area contributed by atoms with Crippen LogP contribution in [0.5, 0.6) is 0 Å². The number of esters is 1. The zero-order chi connectivity index (χ0) is 32.1. The minimum atomic E-state index is -2.08. The van der Waals surface area contributed by atoms with Crippen LogP contribution in [-0.2, 0) is 18.7 Å². The quantitative estimate of drug-likeness (QED) is 0.129. The average molecular weight is 608 g/mol. The Morgan fingerprint density at radius 2 is 1.53 bits per heavy atom. The van der Waals surface area contributed by atoms with Gasteiger partial charge in [-0.05, 0) is 59.6 Å². The number of fused-ring (bicyclic) bond motifs is 3. The van der Waals surface area contributed by atoms with E-state index in [1.165, 1.54) is 16.0 Å². The zero-order valence-corrected chi connectivity index (χ0v) is 29.0. The van der Waals surface area contributed by atoms with Gasteiger partial charge in [-0.3, -0.25) is 4.90 Å². The molecule has 0 unspecified atom stereocenters. The molecule has 3 rings (SSSR count). The second-order valence-electron chi connectivity index (χ2n) is 13.7. The largest absolute Gasteiger partial charge is 0.460 e. The number of rotatable bonds is 13. The van der Waals surface area contributed by atoms with E-state index < -0.39 is 26.4 Å². The average Bonchev–Trinajstić information content (AvgIpc) is 3.29. The van der Waals surface area contributed by atoms with Gasteiger partial charge >= 0.3 is 12.1 Å². The fourth-order valence-corrected chi connectivity index (χ4v) is 6.94. The van der Waals surface area contributed by atoms with Crippen molar-refractivity contribution in [1.29, 1.82) is 0 Å². The van der Waals surface area contributed by atoms with E-state index in [0.717, 1.165) is 17.5 Å². The molecule has 5 atom stereocenters. The fourth-order valence-electron chi connectivity index (χ4n) is 5.52. The Hall–Kier alpha value is -2.90. The van der Waals surface area contributed by atoms with E-state index in [9.17, 15) is 9.59 Å². The molecule has 1 aliphatic carbocycles. The third-order valence-electron chi connectivity index (χ3n) is 9.76. The number of carbonyl (C=O) groups is 2. The van der Waals surface area contributed by atoms with Crippen molar-refractivity contribution in [2.45, 2.75) is 104 Å². The van der Waals surface area contributed by atoms with Gasteiger partial charge in [0.25, 0.3) is 0 Å². The molecule has 0 aliphatic heterocycles. The molecule has 0 fully saturated rings. The monoisotopic (exact) mass is 607 g/mol. The zero-order valence-electron chi connectivity index (χ0n) is 28.0. The standard InChI is InChI=1S/C36H53NO5Si/c1-12-18-32(42-43(10,11)36(6,7)8)25(4)33(24(3)13-2)41-34(38)26(5)37(9)35(39)40-23-31-29-21-16-14-19-27(29)28-20-15-17-22-30(28)31/h12,14-17,19-22,24-26,31-33H,1,13,18,23H2,2-11H3/t24-,25-,26-,32+,33-/m0/s1. The molecule has 43 heavy (non-hydrogen) atoms. The van der Waals surface area contributed by atoms with Gasteiger partial charge in [-0.15, -0.1) is 6.58 Å². The molecule has 0 heterocycles. The summed E-state index contributed by atoms with van der Waals surface area (Å²) < 4.78 is 18.8. The van der Waals surface area contributed by atoms with Gasteiger partial charge in [-0.2, -0.15) is 0 Å². The first-order valence-electron chi connectivity index (χ1n) is 15.7. The van der Waals surface area contributed by atoms with E-state index in [-0.39, 0.29) is 41.6 Å². The Morgan fingerprint density at radius 3 is 2.02 bits per heavy atom. The van der Waals surface area contributed by atoms with Gasteiger partial charge in [0.1, 0.15) is 18.8 Å². The summed E-state index contributed by atoms with van der Waals surface area (Å²) in [7, 11) is -0.485. The number of carbonyl (C=O) groups excluding carboxylic acids is 2. The third kappa shape index (κ3) is 7.79. The van der Waals surface area contributed by atoms with E-state index in [1.807, 2.05) is 30.3 Å². The predicted molar refractivity (Wildman–Crippen MR) is 178 cm³/mol. The van der Waals surface area contributed by atoms with Gasteiger partial charge in [0, 0.05) is 18.9 Å². The molecule has 2 aromatic carbocycles. The second-order valence-corrected chi connectivity index (χ2v) is 18.4. The first kappa shape index (κ1) is 34.6. The topological polar surface area (TPSA) is 65.1 Å². The highest BCUT2D eigenvalue weighted by Crippen LogP contribution is 2.44. The Bertz CT molecular complexity index is 1220. The summed E-state index contributed by atoms with van der Waals surface area (Å²) in [5.74, 6) is -0.442. The molecule has 0 saturated heterocycles. The van der Waals surface area contributed by atoms with E-state index in [2.05, 4.69) is 85.5 Å². The molecule has 6 nitrogen and oxygen atoms in total. The van der Waals surface area contributed by atoms with Gasteiger partial charge in [0.2, 0.25) is 0 Å². The van der Waals surface area contributed by atoms with Crippen molar-refractivity contribution in [1.82, 2.24) is 4.90 Å². The van der Waals surface area contributed by atoms with Gasteiger partial charge in [0.05, 0.1) is 6.10 Å². The van der Waals surface area contributed by atoms with Crippen molar-refractivity contribution in [3.8, 4) is 11.1 Å². The van der Waals surface area contributed by atoms with E-state index in [4.69, 9.17) is 13.9 Å². The Balaban J connectivity index is 1.69. The lowest BCUT2D eigenvalue weighted by molar-refractivity contribution is -0.162. The number of nitrogens with zero attached hydrogens (tertiary/aromatic N) is 1. The lowest BCUT2D eigenvalue weighted by atomic mass is 9.86. The summed E-state index contributed by atoms with van der Waals surface area (Å²) in [5.41, 5.74) is 4.63. The lowest BCUT2D eigenvalue weighted by Crippen LogP contribution is -2.49. The van der Waals surface area contributed by atoms with Crippen molar-refractivity contribution < 1.29 is 23.5 Å². The van der Waals surface area contributed by atoms with E-state index >= 15 is 0 Å². The summed E-state index contributed by atoms with van der Waals surface area (Å²) in [6.07, 6.45) is 2.36. The van der Waals surface area contributed by atoms with Crippen LogP contribution in [0, 0.1) is 11.8 Å². The molecule has 0 aromatic heterocycles. The van der Waals surface area contributed by atoms with Crippen molar-refractivity contribution in [2.75, 3.05) is 13.7 Å². The number of benzene rings is 2. The highest BCUT2D eigenvalue weighted by atomic mass is 28.4. The highest BCUT2D eigenvalue weighted by molar-refractivity contribution is 6.74. The number of likely N-dealkylation sites (N-methyl/N-ethyl adjacent to an activating group) is 1. The predicted octanol–water partition coefficient (Wildman–Crippen LogP) is 8.82. The lowest BCUT2D eigenvalue weighted by Gasteiger charge is -2.43. The van der Waals surface area contributed by atoms with Crippen molar-refractivity contribution >= 4 is 20.4 Å². The minimum Gasteiger partial charge on any atom is -0.460 e. The Labute approximate surface area is 260 Å². The molecule has 0 radical (unpaired) electrons. The van der Waals surface area contributed by atoms with Gasteiger partial charge in [-0.1, -0.05) is 103 Å². The SMILES string of the molecule is C=CC[C@@H](O[Si](C)(C)C(C)(C)C)[C@H](C)[C@@H](OC(=O)[C@H](C)N(C)C(=O)OCC1c2ccccc2-c2ccccc21)[C@@H](C)CC. The van der Waals surface area contributed by atoms with Crippen LogP contribution in [0.4, 0.5) is 4.79 Å². The molecule has 0 spiro atoms. The maximum absolute atomic E-state index is 13.5. The molecule has 7 heteroatoms. The van der Waals surface area contributed by atoms with Crippen LogP contribution in [0.25, 0.3) is 11.1 Å². The highest BCUT2D eigenvalue weighted by Gasteiger charge is 2.42. The summed E-state index contributed by atoms with van der Waals surface area (Å²) in [6, 6.07) is 15.6. The second kappa shape index (κ2) is 14.3. The van der Waals surface area contributed by atoms with E-state index in [0.29, 0.717) is 6.42 Å². The van der Waals surface area contributed by atoms with Crippen molar-refractivity contribution in [2.24, 2.45) is 11.8 Å². The summed E-state index contributed by atoms with van der Waals surface area (Å²) >= 11 is 0. The molecule has 2 aromatic rings. The van der Waals surface area contributed by atoms with Crippen LogP contribution >= 0.6 is 0 Å². The maximum Gasteiger partial charge on any atom is 0.410 e. The summed E-state index contributed by atoms with van der Waals surface area (Å²) in [6.45, 7) is 23.3. The molecular formula is C36H53NO5Si. The van der Waals surface area contributed by atoms with Crippen LogP contribution in [0.15, 0.2) is 61.2 Å². The number of hydrogen-bond donors (Lipinski definition) is 0. The Kier molecular flexibility index (Phi) is 11.5. The number of ether oxygens (including phenoxy) is 2. The molecule has 1 amide bonds. The molecule has 0 bridgehead atoms. The number of amides is 1. The molecule has 1 aliphatic rings. The summed E-state index contributed by atoms with van der Waals surface area (Å²) in [4.78, 5) is 28.0. The first-order valence-corrected chi connectivity index (χ1v) is 18.6. The molecular weight excluding hydrogens is 554 g/mol. The van der Waals surface area contributed by atoms with Crippen LogP contribution in [-0.4, -0.2) is 57.2 Å². The third-order valence-corrected chi connectivity index (χ3v) is 14.3. The van der Waals surface area contributed by atoms with Crippen LogP contribution in [0.1, 0.15) is 78.4 Å². The first-order chi connectivity index (χ1) is 20.1. The minimum absolute atomic E-state index is 0.0505. The van der Waals surface area contributed by atoms with Gasteiger partial charge < -0.3 is 13.9 Å². The maximum atomic E-state index is 13.5. The van der Waals surface area contributed by atoms with Gasteiger partial charge in [0.15, 0.2) is 8.32 Å². The Morgan fingerprint density at radius 1 is 1.00 bits per heavy atom. The van der Waals surface area contributed by atoms with Crippen molar-refractivity contribution in [3.63, 3.8) is 0 Å². The van der Waals surface area contributed by atoms with Crippen LogP contribution < -0.4 is 0 Å². The number of hydrogen-bond acceptors (Lipinski definition) is 5. The van der Waals surface area contributed by atoms with Crippen LogP contribution in [0.3, 0.4) is 0 Å². The molecule has 236 valence electrons. The van der Waals surface area contributed by atoms with Crippen LogP contribution in [0.2, 0.25) is 18.1 Å². The van der Waals surface area contributed by atoms with E-state index in [1.54, 1.807) is 14.0 Å². The molecule has 0 saturated carbocycles. The fraction of sp³-hybridized carbons (Fsp3) is 0.556. The normalized spacial score (nSPS) is 16.7. The van der Waals surface area contributed by atoms with Crippen molar-refractivity contribution in [3.05, 3.63) is 72.3 Å². The summed E-state index contributed by atoms with van der Waals surface area (Å²) in [5, 5.41) is 0.0505. The molecule has 0 N–H and O–H groups in total. The van der Waals surface area contributed by atoms with Gasteiger partial charge in [-0.25, -0.2) is 9.59 Å².